The van der Waals surface area contributed by atoms with Gasteiger partial charge in [-0.25, -0.2) is 4.68 Å². The first-order chi connectivity index (χ1) is 7.86. The summed E-state index contributed by atoms with van der Waals surface area (Å²) < 4.78 is 2.13. The zero-order valence-corrected chi connectivity index (χ0v) is 10.4. The molecule has 2 aliphatic rings. The van der Waals surface area contributed by atoms with E-state index in [2.05, 4.69) is 4.68 Å². The summed E-state index contributed by atoms with van der Waals surface area (Å²) in [6.07, 6.45) is 7.69. The number of nitrogens with two attached hydrogens (primary N) is 1. The fraction of sp³-hybridized carbons (Fsp3) is 0.750. The number of aromatic nitrogens is 2. The molecule has 1 saturated carbocycles. The molecule has 1 aliphatic carbocycles. The normalized spacial score (nSPS) is 22.0. The van der Waals surface area contributed by atoms with E-state index in [4.69, 9.17) is 10.8 Å². The van der Waals surface area contributed by atoms with Crippen molar-refractivity contribution in [1.82, 2.24) is 9.78 Å². The summed E-state index contributed by atoms with van der Waals surface area (Å²) in [5.41, 5.74) is 8.83. The molecule has 88 valence electrons. The molecule has 3 nitrogen and oxygen atoms in total. The summed E-state index contributed by atoms with van der Waals surface area (Å²) in [7, 11) is 0. The SMILES string of the molecule is Nc1c2c(nn1C1CCCCC1)CSCC2. The lowest BCUT2D eigenvalue weighted by molar-refractivity contribution is 0.332. The van der Waals surface area contributed by atoms with Crippen molar-refractivity contribution in [2.75, 3.05) is 11.5 Å². The van der Waals surface area contributed by atoms with Crippen LogP contribution in [0.2, 0.25) is 0 Å². The van der Waals surface area contributed by atoms with Crippen molar-refractivity contribution in [1.29, 1.82) is 0 Å². The molecule has 2 N–H and O–H groups in total. The smallest absolute Gasteiger partial charge is 0.125 e. The Morgan fingerprint density at radius 3 is 2.81 bits per heavy atom. The zero-order chi connectivity index (χ0) is 11.0. The number of thioether (sulfide) groups is 1. The van der Waals surface area contributed by atoms with Gasteiger partial charge in [0.05, 0.1) is 11.7 Å². The van der Waals surface area contributed by atoms with Crippen LogP contribution < -0.4 is 5.73 Å². The van der Waals surface area contributed by atoms with Gasteiger partial charge >= 0.3 is 0 Å². The highest BCUT2D eigenvalue weighted by Crippen LogP contribution is 2.34. The van der Waals surface area contributed by atoms with Crippen LogP contribution in [0.25, 0.3) is 0 Å². The fourth-order valence-electron chi connectivity index (χ4n) is 2.87. The van der Waals surface area contributed by atoms with Crippen LogP contribution in [0.4, 0.5) is 5.82 Å². The Hall–Kier alpha value is -0.640. The van der Waals surface area contributed by atoms with Gasteiger partial charge in [-0.1, -0.05) is 19.3 Å². The third kappa shape index (κ3) is 1.73. The van der Waals surface area contributed by atoms with Gasteiger partial charge in [0.2, 0.25) is 0 Å². The summed E-state index contributed by atoms with van der Waals surface area (Å²) in [4.78, 5) is 0. The summed E-state index contributed by atoms with van der Waals surface area (Å²) in [5.74, 6) is 3.22. The Labute approximate surface area is 101 Å². The maximum atomic E-state index is 6.25. The van der Waals surface area contributed by atoms with E-state index in [-0.39, 0.29) is 0 Å². The zero-order valence-electron chi connectivity index (χ0n) is 9.61. The first kappa shape index (κ1) is 10.5. The van der Waals surface area contributed by atoms with Crippen LogP contribution in [0.5, 0.6) is 0 Å². The number of fused-ring (bicyclic) bond motifs is 1. The second-order valence-electron chi connectivity index (χ2n) is 4.85. The number of nitrogen functional groups attached to an aromatic ring is 1. The molecule has 1 aliphatic heterocycles. The lowest BCUT2D eigenvalue weighted by Crippen LogP contribution is -2.16. The second kappa shape index (κ2) is 4.32. The molecule has 1 aromatic rings. The van der Waals surface area contributed by atoms with Crippen LogP contribution in [0.1, 0.15) is 49.4 Å². The predicted octanol–water partition coefficient (Wildman–Crippen LogP) is 2.76. The Bertz CT molecular complexity index is 380. The largest absolute Gasteiger partial charge is 0.384 e. The average Bonchev–Trinajstić information content (AvgIpc) is 2.69. The van der Waals surface area contributed by atoms with E-state index in [0.29, 0.717) is 6.04 Å². The Kier molecular flexibility index (Phi) is 2.84. The van der Waals surface area contributed by atoms with Crippen LogP contribution in [0, 0.1) is 0 Å². The molecule has 4 heteroatoms. The van der Waals surface area contributed by atoms with Gasteiger partial charge in [-0.05, 0) is 25.0 Å². The van der Waals surface area contributed by atoms with E-state index >= 15 is 0 Å². The van der Waals surface area contributed by atoms with Gasteiger partial charge in [-0.2, -0.15) is 16.9 Å². The number of hydrogen-bond donors (Lipinski definition) is 1. The minimum Gasteiger partial charge on any atom is -0.384 e. The molecule has 0 radical (unpaired) electrons. The number of nitrogens with zero attached hydrogens (tertiary/aromatic N) is 2. The number of rotatable bonds is 1. The molecule has 0 bridgehead atoms. The third-order valence-corrected chi connectivity index (χ3v) is 4.76. The summed E-state index contributed by atoms with van der Waals surface area (Å²) in [5, 5.41) is 4.74. The minimum absolute atomic E-state index is 0.573. The van der Waals surface area contributed by atoms with E-state index in [1.54, 1.807) is 0 Å². The van der Waals surface area contributed by atoms with Crippen molar-refractivity contribution in [3.63, 3.8) is 0 Å². The van der Waals surface area contributed by atoms with Crippen molar-refractivity contribution in [3.8, 4) is 0 Å². The second-order valence-corrected chi connectivity index (χ2v) is 5.95. The van der Waals surface area contributed by atoms with E-state index in [9.17, 15) is 0 Å². The molecule has 0 aromatic carbocycles. The van der Waals surface area contributed by atoms with Crippen molar-refractivity contribution < 1.29 is 0 Å². The van der Waals surface area contributed by atoms with Gasteiger partial charge in [-0.3, -0.25) is 0 Å². The lowest BCUT2D eigenvalue weighted by Gasteiger charge is -2.23. The molecule has 16 heavy (non-hydrogen) atoms. The Morgan fingerprint density at radius 1 is 1.25 bits per heavy atom. The van der Waals surface area contributed by atoms with Crippen molar-refractivity contribution in [3.05, 3.63) is 11.3 Å². The molecule has 0 atom stereocenters. The molecule has 2 heterocycles. The standard InChI is InChI=1S/C12H19N3S/c13-12-10-6-7-16-8-11(10)14-15(12)9-4-2-1-3-5-9/h9H,1-8,13H2. The van der Waals surface area contributed by atoms with Crippen LogP contribution in [-0.4, -0.2) is 15.5 Å². The monoisotopic (exact) mass is 237 g/mol. The molecule has 0 unspecified atom stereocenters. The van der Waals surface area contributed by atoms with Crippen molar-refractivity contribution in [2.45, 2.75) is 50.3 Å². The third-order valence-electron chi connectivity index (χ3n) is 3.79. The Balaban J connectivity index is 1.91. The van der Waals surface area contributed by atoms with Crippen molar-refractivity contribution in [2.24, 2.45) is 0 Å². The van der Waals surface area contributed by atoms with E-state index in [0.717, 1.165) is 18.0 Å². The van der Waals surface area contributed by atoms with Gasteiger partial charge in [0.25, 0.3) is 0 Å². The highest BCUT2D eigenvalue weighted by molar-refractivity contribution is 7.98. The summed E-state index contributed by atoms with van der Waals surface area (Å²) in [6.45, 7) is 0. The molecular weight excluding hydrogens is 218 g/mol. The van der Waals surface area contributed by atoms with E-state index in [1.165, 1.54) is 49.1 Å². The van der Waals surface area contributed by atoms with Gasteiger partial charge in [0, 0.05) is 11.3 Å². The number of anilines is 1. The number of hydrogen-bond acceptors (Lipinski definition) is 3. The van der Waals surface area contributed by atoms with E-state index < -0.39 is 0 Å². The Morgan fingerprint density at radius 2 is 2.06 bits per heavy atom. The van der Waals surface area contributed by atoms with Gasteiger partial charge in [0.1, 0.15) is 5.82 Å². The molecule has 1 aromatic heterocycles. The molecule has 0 amide bonds. The van der Waals surface area contributed by atoms with Crippen LogP contribution in [-0.2, 0) is 12.2 Å². The first-order valence-electron chi connectivity index (χ1n) is 6.30. The topological polar surface area (TPSA) is 43.8 Å². The molecule has 3 rings (SSSR count). The quantitative estimate of drug-likeness (QED) is 0.816. The van der Waals surface area contributed by atoms with Crippen molar-refractivity contribution >= 4 is 17.6 Å². The summed E-state index contributed by atoms with van der Waals surface area (Å²) >= 11 is 1.97. The van der Waals surface area contributed by atoms with Gasteiger partial charge < -0.3 is 5.73 Å². The van der Waals surface area contributed by atoms with Crippen LogP contribution in [0.15, 0.2) is 0 Å². The maximum absolute atomic E-state index is 6.25. The molecule has 1 fully saturated rings. The summed E-state index contributed by atoms with van der Waals surface area (Å²) in [6, 6.07) is 0.573. The molecule has 0 saturated heterocycles. The maximum Gasteiger partial charge on any atom is 0.125 e. The lowest BCUT2D eigenvalue weighted by atomic mass is 9.95. The van der Waals surface area contributed by atoms with Crippen LogP contribution >= 0.6 is 11.8 Å². The van der Waals surface area contributed by atoms with E-state index in [1.807, 2.05) is 11.8 Å². The highest BCUT2D eigenvalue weighted by atomic mass is 32.2. The predicted molar refractivity (Wildman–Crippen MR) is 68.6 cm³/mol. The van der Waals surface area contributed by atoms with Gasteiger partial charge in [-0.15, -0.1) is 0 Å². The fourth-order valence-corrected chi connectivity index (χ4v) is 3.78. The molecule has 0 spiro atoms. The van der Waals surface area contributed by atoms with Gasteiger partial charge in [0.15, 0.2) is 0 Å². The average molecular weight is 237 g/mol. The molecular formula is C12H19N3S. The van der Waals surface area contributed by atoms with Crippen LogP contribution in [0.3, 0.4) is 0 Å². The first-order valence-corrected chi connectivity index (χ1v) is 7.45. The minimum atomic E-state index is 0.573. The highest BCUT2D eigenvalue weighted by Gasteiger charge is 2.24.